The lowest BCUT2D eigenvalue weighted by Gasteiger charge is -2.17. The number of nitrogens with zero attached hydrogens (tertiary/aromatic N) is 2. The molecule has 1 aromatic heterocycles. The Hall–Kier alpha value is -2.69. The minimum absolute atomic E-state index is 0.0668. The second-order valence-corrected chi connectivity index (χ2v) is 5.66. The second kappa shape index (κ2) is 8.82. The lowest BCUT2D eigenvalue weighted by molar-refractivity contribution is 0.0793. The number of aromatic nitrogens is 1. The van der Waals surface area contributed by atoms with Crippen LogP contribution in [0.1, 0.15) is 46.2 Å². The summed E-state index contributed by atoms with van der Waals surface area (Å²) in [5, 5.41) is 2.82. The molecule has 1 heterocycles. The maximum atomic E-state index is 12.4. The Kier molecular flexibility index (Phi) is 6.49. The molecule has 0 fully saturated rings. The summed E-state index contributed by atoms with van der Waals surface area (Å²) in [6, 6.07) is 12.4. The van der Waals surface area contributed by atoms with Crippen LogP contribution >= 0.6 is 0 Å². The number of rotatable bonds is 7. The van der Waals surface area contributed by atoms with Gasteiger partial charge in [-0.3, -0.25) is 14.6 Å². The standard InChI is InChI=1S/C19H23N3O2/c1-3-4-12-22(2)19(24)16-9-7-8-15(13-16)18(23)21-14-17-10-5-6-11-20-17/h5-11,13H,3-4,12,14H2,1-2H3,(H,21,23). The van der Waals surface area contributed by atoms with Gasteiger partial charge in [-0.15, -0.1) is 0 Å². The van der Waals surface area contributed by atoms with Crippen LogP contribution < -0.4 is 5.32 Å². The lowest BCUT2D eigenvalue weighted by Crippen LogP contribution is -2.28. The first kappa shape index (κ1) is 17.7. The largest absolute Gasteiger partial charge is 0.346 e. The zero-order chi connectivity index (χ0) is 17.4. The van der Waals surface area contributed by atoms with E-state index in [1.807, 2.05) is 18.2 Å². The van der Waals surface area contributed by atoms with Crippen molar-refractivity contribution in [3.05, 3.63) is 65.5 Å². The van der Waals surface area contributed by atoms with Gasteiger partial charge in [0, 0.05) is 30.9 Å². The first-order valence-corrected chi connectivity index (χ1v) is 8.15. The fourth-order valence-electron chi connectivity index (χ4n) is 2.29. The molecule has 0 spiro atoms. The van der Waals surface area contributed by atoms with E-state index in [0.29, 0.717) is 24.2 Å². The van der Waals surface area contributed by atoms with Crippen LogP contribution in [0.25, 0.3) is 0 Å². The predicted octanol–water partition coefficient (Wildman–Crippen LogP) is 2.88. The van der Waals surface area contributed by atoms with Crippen molar-refractivity contribution in [2.45, 2.75) is 26.3 Å². The van der Waals surface area contributed by atoms with E-state index in [0.717, 1.165) is 18.5 Å². The fraction of sp³-hybridized carbons (Fsp3) is 0.316. The van der Waals surface area contributed by atoms with Gasteiger partial charge in [0.1, 0.15) is 0 Å². The van der Waals surface area contributed by atoms with Crippen molar-refractivity contribution in [1.82, 2.24) is 15.2 Å². The summed E-state index contributed by atoms with van der Waals surface area (Å²) in [5.41, 5.74) is 1.79. The van der Waals surface area contributed by atoms with Gasteiger partial charge in [-0.25, -0.2) is 0 Å². The maximum Gasteiger partial charge on any atom is 0.253 e. The lowest BCUT2D eigenvalue weighted by atomic mass is 10.1. The minimum atomic E-state index is -0.216. The molecule has 2 amide bonds. The van der Waals surface area contributed by atoms with Crippen molar-refractivity contribution in [3.8, 4) is 0 Å². The van der Waals surface area contributed by atoms with Crippen molar-refractivity contribution in [3.63, 3.8) is 0 Å². The number of carbonyl (C=O) groups is 2. The van der Waals surface area contributed by atoms with E-state index in [4.69, 9.17) is 0 Å². The molecule has 0 saturated carbocycles. The molecular weight excluding hydrogens is 302 g/mol. The number of nitrogens with one attached hydrogen (secondary N) is 1. The SMILES string of the molecule is CCCCN(C)C(=O)c1cccc(C(=O)NCc2ccccn2)c1. The number of pyridine rings is 1. The minimum Gasteiger partial charge on any atom is -0.346 e. The van der Waals surface area contributed by atoms with Gasteiger partial charge >= 0.3 is 0 Å². The van der Waals surface area contributed by atoms with Gasteiger partial charge in [0.15, 0.2) is 0 Å². The molecule has 0 unspecified atom stereocenters. The van der Waals surface area contributed by atoms with Crippen LogP contribution in [0.5, 0.6) is 0 Å². The van der Waals surface area contributed by atoms with Crippen molar-refractivity contribution in [2.24, 2.45) is 0 Å². The van der Waals surface area contributed by atoms with Crippen molar-refractivity contribution < 1.29 is 9.59 Å². The van der Waals surface area contributed by atoms with Crippen LogP contribution in [-0.2, 0) is 6.54 Å². The summed E-state index contributed by atoms with van der Waals surface area (Å²) in [4.78, 5) is 30.5. The Bertz CT molecular complexity index is 686. The second-order valence-electron chi connectivity index (χ2n) is 5.66. The van der Waals surface area contributed by atoms with Gasteiger partial charge in [-0.2, -0.15) is 0 Å². The topological polar surface area (TPSA) is 62.3 Å². The highest BCUT2D eigenvalue weighted by Gasteiger charge is 2.13. The quantitative estimate of drug-likeness (QED) is 0.851. The zero-order valence-corrected chi connectivity index (χ0v) is 14.2. The molecule has 1 aromatic carbocycles. The van der Waals surface area contributed by atoms with Crippen molar-refractivity contribution in [2.75, 3.05) is 13.6 Å². The summed E-state index contributed by atoms with van der Waals surface area (Å²) < 4.78 is 0. The highest BCUT2D eigenvalue weighted by molar-refractivity contribution is 5.99. The fourth-order valence-corrected chi connectivity index (χ4v) is 2.29. The number of hydrogen-bond acceptors (Lipinski definition) is 3. The molecule has 126 valence electrons. The molecule has 2 aromatic rings. The van der Waals surface area contributed by atoms with Crippen LogP contribution in [0.2, 0.25) is 0 Å². The molecular formula is C19H23N3O2. The van der Waals surface area contributed by atoms with Crippen LogP contribution in [0, 0.1) is 0 Å². The normalized spacial score (nSPS) is 10.2. The molecule has 2 rings (SSSR count). The highest BCUT2D eigenvalue weighted by Crippen LogP contribution is 2.09. The summed E-state index contributed by atoms with van der Waals surface area (Å²) in [6.07, 6.45) is 3.69. The summed E-state index contributed by atoms with van der Waals surface area (Å²) in [7, 11) is 1.78. The number of carbonyl (C=O) groups excluding carboxylic acids is 2. The first-order chi connectivity index (χ1) is 11.6. The van der Waals surface area contributed by atoms with Gasteiger partial charge in [0.05, 0.1) is 12.2 Å². The van der Waals surface area contributed by atoms with E-state index in [9.17, 15) is 9.59 Å². The monoisotopic (exact) mass is 325 g/mol. The Balaban J connectivity index is 2.01. The summed E-state index contributed by atoms with van der Waals surface area (Å²) >= 11 is 0. The molecule has 24 heavy (non-hydrogen) atoms. The zero-order valence-electron chi connectivity index (χ0n) is 14.2. The van der Waals surface area contributed by atoms with E-state index in [-0.39, 0.29) is 11.8 Å². The Labute approximate surface area is 142 Å². The molecule has 0 bridgehead atoms. The number of amides is 2. The van der Waals surface area contributed by atoms with Crippen LogP contribution in [0.4, 0.5) is 0 Å². The predicted molar refractivity (Wildman–Crippen MR) is 93.7 cm³/mol. The van der Waals surface area contributed by atoms with E-state index >= 15 is 0 Å². The molecule has 5 heteroatoms. The van der Waals surface area contributed by atoms with Crippen LogP contribution in [-0.4, -0.2) is 35.3 Å². The third kappa shape index (κ3) is 4.91. The highest BCUT2D eigenvalue weighted by atomic mass is 16.2. The third-order valence-electron chi connectivity index (χ3n) is 3.72. The van der Waals surface area contributed by atoms with Gasteiger partial charge in [-0.05, 0) is 36.8 Å². The van der Waals surface area contributed by atoms with Gasteiger partial charge in [0.2, 0.25) is 0 Å². The molecule has 0 saturated heterocycles. The Morgan fingerprint density at radius 2 is 1.92 bits per heavy atom. The molecule has 0 atom stereocenters. The van der Waals surface area contributed by atoms with E-state index in [1.165, 1.54) is 0 Å². The molecule has 5 nitrogen and oxygen atoms in total. The van der Waals surface area contributed by atoms with Crippen molar-refractivity contribution >= 4 is 11.8 Å². The molecule has 1 N–H and O–H groups in total. The van der Waals surface area contributed by atoms with Gasteiger partial charge in [0.25, 0.3) is 11.8 Å². The summed E-state index contributed by atoms with van der Waals surface area (Å²) in [6.45, 7) is 3.16. The molecule has 0 aliphatic rings. The molecule has 0 aliphatic carbocycles. The summed E-state index contributed by atoms with van der Waals surface area (Å²) in [5.74, 6) is -0.283. The average molecular weight is 325 g/mol. The van der Waals surface area contributed by atoms with Gasteiger partial charge < -0.3 is 10.2 Å². The Morgan fingerprint density at radius 3 is 2.62 bits per heavy atom. The first-order valence-electron chi connectivity index (χ1n) is 8.15. The maximum absolute atomic E-state index is 12.4. The van der Waals surface area contributed by atoms with Crippen molar-refractivity contribution in [1.29, 1.82) is 0 Å². The van der Waals surface area contributed by atoms with E-state index in [2.05, 4.69) is 17.2 Å². The number of unbranched alkanes of at least 4 members (excludes halogenated alkanes) is 1. The third-order valence-corrected chi connectivity index (χ3v) is 3.72. The van der Waals surface area contributed by atoms with Crippen LogP contribution in [0.15, 0.2) is 48.7 Å². The number of benzene rings is 1. The number of hydrogen-bond donors (Lipinski definition) is 1. The smallest absolute Gasteiger partial charge is 0.253 e. The Morgan fingerprint density at radius 1 is 1.12 bits per heavy atom. The van der Waals surface area contributed by atoms with E-state index in [1.54, 1.807) is 42.4 Å². The molecule has 0 radical (unpaired) electrons. The molecule has 0 aliphatic heterocycles. The van der Waals surface area contributed by atoms with Crippen LogP contribution in [0.3, 0.4) is 0 Å². The average Bonchev–Trinajstić information content (AvgIpc) is 2.64. The van der Waals surface area contributed by atoms with Gasteiger partial charge in [-0.1, -0.05) is 25.5 Å². The van der Waals surface area contributed by atoms with E-state index < -0.39 is 0 Å².